The summed E-state index contributed by atoms with van der Waals surface area (Å²) in [5.41, 5.74) is 0. The molecule has 246 valence electrons. The summed E-state index contributed by atoms with van der Waals surface area (Å²) in [5, 5.41) is 0. The lowest BCUT2D eigenvalue weighted by Gasteiger charge is -2.51. The van der Waals surface area contributed by atoms with E-state index < -0.39 is 0 Å². The Bertz CT molecular complexity index is 863. The Kier molecular flexibility index (Phi) is 11.8. The second kappa shape index (κ2) is 15.8. The van der Waals surface area contributed by atoms with Crippen LogP contribution in [0.3, 0.4) is 0 Å². The third-order valence-corrected chi connectivity index (χ3v) is 14.4. The van der Waals surface area contributed by atoms with E-state index in [9.17, 15) is 0 Å². The summed E-state index contributed by atoms with van der Waals surface area (Å²) in [4.78, 5) is 6.29. The molecule has 6 saturated carbocycles. The van der Waals surface area contributed by atoms with Crippen LogP contribution >= 0.6 is 0 Å². The van der Waals surface area contributed by atoms with Crippen LogP contribution in [0, 0.1) is 60.2 Å². The zero-order valence-electron chi connectivity index (χ0n) is 28.9. The molecule has 6 fully saturated rings. The molecule has 0 aromatic carbocycles. The summed E-state index contributed by atoms with van der Waals surface area (Å²) in [6.07, 6.45) is 45.6. The van der Waals surface area contributed by atoms with Crippen LogP contribution in [0.25, 0.3) is 0 Å². The number of nitrogens with zero attached hydrogens (tertiary/aromatic N) is 2. The molecule has 4 unspecified atom stereocenters. The van der Waals surface area contributed by atoms with Gasteiger partial charge in [-0.1, -0.05) is 39.5 Å². The molecular weight excluding hydrogens is 532 g/mol. The molecule has 44 heavy (non-hydrogen) atoms. The predicted octanol–water partition coefficient (Wildman–Crippen LogP) is 10.2. The van der Waals surface area contributed by atoms with Gasteiger partial charge < -0.3 is 0 Å². The summed E-state index contributed by atoms with van der Waals surface area (Å²) in [5.74, 6) is 11.1. The van der Waals surface area contributed by atoms with Crippen LogP contribution in [-0.4, -0.2) is 46.1 Å². The van der Waals surface area contributed by atoms with Gasteiger partial charge >= 0.3 is 0 Å². The van der Waals surface area contributed by atoms with E-state index >= 15 is 0 Å². The van der Waals surface area contributed by atoms with Crippen LogP contribution in [0.5, 0.6) is 0 Å². The molecule has 0 N–H and O–H groups in total. The molecule has 2 heteroatoms. The molecule has 0 heterocycles. The van der Waals surface area contributed by atoms with Crippen molar-refractivity contribution in [1.29, 1.82) is 0 Å². The van der Waals surface area contributed by atoms with E-state index in [-0.39, 0.29) is 0 Å². The molecule has 0 aliphatic heterocycles. The van der Waals surface area contributed by atoms with E-state index in [2.05, 4.69) is 35.5 Å². The predicted molar refractivity (Wildman–Crippen MR) is 187 cm³/mol. The number of hydrogen-bond acceptors (Lipinski definition) is 2. The Balaban J connectivity index is 1.04. The maximum atomic E-state index is 5.86. The first-order valence-electron chi connectivity index (χ1n) is 20.0. The molecule has 0 bridgehead atoms. The van der Waals surface area contributed by atoms with Crippen molar-refractivity contribution in [1.82, 2.24) is 9.80 Å². The smallest absolute Gasteiger partial charge is 0.0201 e. The first kappa shape index (κ1) is 33.0. The molecule has 6 aliphatic carbocycles. The standard InChI is InChI=1S/C42H68N2/c1-5-33-13-21-37(22-14-33)43(41-11-7-9-31(3)29-41)39-25-17-35(18-26-39)36-19-27-40(28-20-36)44(42-12-8-10-32(4)30-42)38-23-15-34(6-2)16-24-38/h1-2,31-42H,7-30H2,3-4H3. The third kappa shape index (κ3) is 7.94. The Hall–Kier alpha value is -0.960. The van der Waals surface area contributed by atoms with Crippen LogP contribution < -0.4 is 0 Å². The molecule has 2 nitrogen and oxygen atoms in total. The van der Waals surface area contributed by atoms with E-state index in [1.54, 1.807) is 0 Å². The summed E-state index contributed by atoms with van der Waals surface area (Å²) >= 11 is 0. The van der Waals surface area contributed by atoms with Gasteiger partial charge in [0.15, 0.2) is 0 Å². The van der Waals surface area contributed by atoms with Gasteiger partial charge in [-0.05, 0) is 152 Å². The van der Waals surface area contributed by atoms with Crippen molar-refractivity contribution in [3.63, 3.8) is 0 Å². The number of hydrogen-bond donors (Lipinski definition) is 0. The molecular formula is C42H68N2. The number of terminal acetylenes is 2. The minimum absolute atomic E-state index is 0.541. The molecule has 0 amide bonds. The lowest BCUT2D eigenvalue weighted by Crippen LogP contribution is -2.54. The second-order valence-corrected chi connectivity index (χ2v) is 17.2. The molecule has 6 aliphatic rings. The van der Waals surface area contributed by atoms with Crippen LogP contribution in [-0.2, 0) is 0 Å². The molecule has 0 aromatic heterocycles. The van der Waals surface area contributed by atoms with Crippen molar-refractivity contribution in [2.45, 2.75) is 204 Å². The van der Waals surface area contributed by atoms with Crippen LogP contribution in [0.1, 0.15) is 168 Å². The average molecular weight is 601 g/mol. The molecule has 6 rings (SSSR count). The Morgan fingerprint density at radius 1 is 0.386 bits per heavy atom. The fourth-order valence-electron chi connectivity index (χ4n) is 12.0. The minimum Gasteiger partial charge on any atom is -0.294 e. The van der Waals surface area contributed by atoms with Gasteiger partial charge in [-0.2, -0.15) is 0 Å². The largest absolute Gasteiger partial charge is 0.294 e. The zero-order chi connectivity index (χ0) is 30.5. The highest BCUT2D eigenvalue weighted by molar-refractivity contribution is 5.01. The summed E-state index contributed by atoms with van der Waals surface area (Å²) in [6, 6.07) is 4.96. The van der Waals surface area contributed by atoms with Gasteiger partial charge in [0.25, 0.3) is 0 Å². The second-order valence-electron chi connectivity index (χ2n) is 17.2. The monoisotopic (exact) mass is 601 g/mol. The quantitative estimate of drug-likeness (QED) is 0.268. The fourth-order valence-corrected chi connectivity index (χ4v) is 12.0. The van der Waals surface area contributed by atoms with E-state index in [1.165, 1.54) is 154 Å². The highest BCUT2D eigenvalue weighted by Gasteiger charge is 2.42. The van der Waals surface area contributed by atoms with Crippen molar-refractivity contribution >= 4 is 0 Å². The number of rotatable bonds is 7. The van der Waals surface area contributed by atoms with Gasteiger partial charge in [0.1, 0.15) is 0 Å². The first-order chi connectivity index (χ1) is 21.5. The summed E-state index contributed by atoms with van der Waals surface area (Å²) < 4.78 is 0. The highest BCUT2D eigenvalue weighted by atomic mass is 15.2. The van der Waals surface area contributed by atoms with Crippen LogP contribution in [0.15, 0.2) is 0 Å². The third-order valence-electron chi connectivity index (χ3n) is 14.4. The van der Waals surface area contributed by atoms with Gasteiger partial charge in [0, 0.05) is 48.1 Å². The molecule has 0 saturated heterocycles. The van der Waals surface area contributed by atoms with Gasteiger partial charge in [0.05, 0.1) is 0 Å². The van der Waals surface area contributed by atoms with Crippen molar-refractivity contribution in [3.8, 4) is 24.7 Å². The Labute approximate surface area is 273 Å². The van der Waals surface area contributed by atoms with E-state index in [0.717, 1.165) is 59.9 Å². The molecule has 0 spiro atoms. The average Bonchev–Trinajstić information content (AvgIpc) is 3.06. The van der Waals surface area contributed by atoms with E-state index in [4.69, 9.17) is 12.8 Å². The first-order valence-corrected chi connectivity index (χ1v) is 20.0. The van der Waals surface area contributed by atoms with Crippen LogP contribution in [0.4, 0.5) is 0 Å². The van der Waals surface area contributed by atoms with Crippen molar-refractivity contribution < 1.29 is 0 Å². The summed E-state index contributed by atoms with van der Waals surface area (Å²) in [7, 11) is 0. The molecule has 0 aromatic rings. The molecule has 0 radical (unpaired) electrons. The van der Waals surface area contributed by atoms with Crippen molar-refractivity contribution in [2.75, 3.05) is 0 Å². The minimum atomic E-state index is 0.541. The molecule has 4 atom stereocenters. The van der Waals surface area contributed by atoms with Crippen LogP contribution in [0.2, 0.25) is 0 Å². The maximum absolute atomic E-state index is 5.86. The van der Waals surface area contributed by atoms with Gasteiger partial charge in [-0.25, -0.2) is 0 Å². The van der Waals surface area contributed by atoms with Crippen molar-refractivity contribution in [2.24, 2.45) is 35.5 Å². The fraction of sp³-hybridized carbons (Fsp3) is 0.905. The normalized spacial score (nSPS) is 44.1. The highest BCUT2D eigenvalue weighted by Crippen LogP contribution is 2.45. The van der Waals surface area contributed by atoms with Gasteiger partial charge in [0.2, 0.25) is 0 Å². The lowest BCUT2D eigenvalue weighted by molar-refractivity contribution is -0.0129. The van der Waals surface area contributed by atoms with E-state index in [1.807, 2.05) is 0 Å². The maximum Gasteiger partial charge on any atom is 0.0201 e. The van der Waals surface area contributed by atoms with E-state index in [0.29, 0.717) is 11.8 Å². The topological polar surface area (TPSA) is 6.48 Å². The Morgan fingerprint density at radius 2 is 0.705 bits per heavy atom. The SMILES string of the molecule is C#CC1CCC(N(C2CCC(C3CCC(N(C4CCC(C#C)CC4)C4CCCC(C)C4)CC3)CC2)C2CCCC(C)C2)CC1. The Morgan fingerprint density at radius 3 is 1.00 bits per heavy atom. The van der Waals surface area contributed by atoms with Crippen molar-refractivity contribution in [3.05, 3.63) is 0 Å². The van der Waals surface area contributed by atoms with Gasteiger partial charge in [-0.3, -0.25) is 9.80 Å². The van der Waals surface area contributed by atoms with Gasteiger partial charge in [-0.15, -0.1) is 24.7 Å². The zero-order valence-corrected chi connectivity index (χ0v) is 28.9. The lowest BCUT2D eigenvalue weighted by atomic mass is 9.70. The summed E-state index contributed by atoms with van der Waals surface area (Å²) in [6.45, 7) is 5.04.